The first-order valence-electron chi connectivity index (χ1n) is 5.83. The van der Waals surface area contributed by atoms with E-state index in [0.29, 0.717) is 19.6 Å². The predicted molar refractivity (Wildman–Crippen MR) is 75.5 cm³/mol. The van der Waals surface area contributed by atoms with Crippen LogP contribution >= 0.6 is 15.9 Å². The van der Waals surface area contributed by atoms with E-state index in [4.69, 9.17) is 10.5 Å². The molecule has 0 aliphatic heterocycles. The average Bonchev–Trinajstić information content (AvgIpc) is 2.31. The molecular formula is C13H19BrN2O2. The zero-order valence-corrected chi connectivity index (χ0v) is 12.3. The van der Waals surface area contributed by atoms with Crippen molar-refractivity contribution in [3.8, 4) is 5.75 Å². The topological polar surface area (TPSA) is 64.3 Å². The van der Waals surface area contributed by atoms with Crippen LogP contribution < -0.4 is 15.8 Å². The monoisotopic (exact) mass is 314 g/mol. The van der Waals surface area contributed by atoms with E-state index in [1.165, 1.54) is 0 Å². The lowest BCUT2D eigenvalue weighted by Gasteiger charge is -2.24. The Morgan fingerprint density at radius 1 is 1.44 bits per heavy atom. The molecule has 1 aromatic carbocycles. The Kier molecular flexibility index (Phi) is 5.62. The van der Waals surface area contributed by atoms with Crippen molar-refractivity contribution < 1.29 is 9.53 Å². The van der Waals surface area contributed by atoms with E-state index in [9.17, 15) is 4.79 Å². The molecular weight excluding hydrogens is 296 g/mol. The van der Waals surface area contributed by atoms with Gasteiger partial charge >= 0.3 is 0 Å². The van der Waals surface area contributed by atoms with Crippen LogP contribution in [0.4, 0.5) is 0 Å². The van der Waals surface area contributed by atoms with Crippen LogP contribution in [0.5, 0.6) is 5.75 Å². The van der Waals surface area contributed by atoms with E-state index in [-0.39, 0.29) is 11.4 Å². The predicted octanol–water partition coefficient (Wildman–Crippen LogP) is 2.07. The largest absolute Gasteiger partial charge is 0.492 e. The first-order chi connectivity index (χ1) is 8.44. The Morgan fingerprint density at radius 3 is 2.72 bits per heavy atom. The molecule has 0 aliphatic rings. The van der Waals surface area contributed by atoms with Gasteiger partial charge in [-0.3, -0.25) is 4.79 Å². The Morgan fingerprint density at radius 2 is 2.11 bits per heavy atom. The summed E-state index contributed by atoms with van der Waals surface area (Å²) in [5, 5.41) is 2.85. The zero-order chi connectivity index (χ0) is 13.6. The van der Waals surface area contributed by atoms with Gasteiger partial charge < -0.3 is 15.8 Å². The molecule has 1 aromatic rings. The van der Waals surface area contributed by atoms with Crippen LogP contribution in [0.25, 0.3) is 0 Å². The van der Waals surface area contributed by atoms with Crippen molar-refractivity contribution in [2.45, 2.75) is 25.8 Å². The second-order valence-corrected chi connectivity index (χ2v) is 5.52. The van der Waals surface area contributed by atoms with Gasteiger partial charge in [0.25, 0.3) is 0 Å². The van der Waals surface area contributed by atoms with E-state index in [1.54, 1.807) is 0 Å². The van der Waals surface area contributed by atoms with Crippen molar-refractivity contribution in [1.82, 2.24) is 5.32 Å². The molecule has 1 rings (SSSR count). The van der Waals surface area contributed by atoms with Crippen molar-refractivity contribution in [2.24, 2.45) is 5.73 Å². The van der Waals surface area contributed by atoms with Crippen molar-refractivity contribution in [3.05, 3.63) is 28.7 Å². The molecule has 4 nitrogen and oxygen atoms in total. The standard InChI is InChI=1S/C13H19BrN2O2/c1-13(2,9-15)16-12(17)7-8-18-11-6-4-3-5-10(11)14/h3-6H,7-9,15H2,1-2H3,(H,16,17). The second-order valence-electron chi connectivity index (χ2n) is 4.67. The number of carbonyl (C=O) groups excluding carboxylic acids is 1. The molecule has 0 atom stereocenters. The number of para-hydroxylation sites is 1. The Bertz CT molecular complexity index is 408. The van der Waals surface area contributed by atoms with Crippen LogP contribution in [0.2, 0.25) is 0 Å². The molecule has 0 bridgehead atoms. The third-order valence-corrected chi connectivity index (χ3v) is 3.07. The molecule has 1 amide bonds. The third kappa shape index (κ3) is 5.06. The van der Waals surface area contributed by atoms with Gasteiger partial charge in [-0.25, -0.2) is 0 Å². The fourth-order valence-corrected chi connectivity index (χ4v) is 1.71. The van der Waals surface area contributed by atoms with Gasteiger partial charge in [0.15, 0.2) is 0 Å². The lowest BCUT2D eigenvalue weighted by molar-refractivity contribution is -0.123. The number of amides is 1. The maximum Gasteiger partial charge on any atom is 0.223 e. The summed E-state index contributed by atoms with van der Waals surface area (Å²) >= 11 is 3.38. The van der Waals surface area contributed by atoms with Gasteiger partial charge in [0.1, 0.15) is 5.75 Å². The molecule has 0 unspecified atom stereocenters. The molecule has 3 N–H and O–H groups in total. The van der Waals surface area contributed by atoms with Crippen molar-refractivity contribution in [2.75, 3.05) is 13.2 Å². The summed E-state index contributed by atoms with van der Waals surface area (Å²) in [6.07, 6.45) is 0.310. The van der Waals surface area contributed by atoms with Crippen LogP contribution in [0, 0.1) is 0 Å². The minimum atomic E-state index is -0.371. The van der Waals surface area contributed by atoms with Gasteiger partial charge in [-0.1, -0.05) is 12.1 Å². The molecule has 5 heteroatoms. The van der Waals surface area contributed by atoms with Gasteiger partial charge in [-0.15, -0.1) is 0 Å². The van der Waals surface area contributed by atoms with Crippen molar-refractivity contribution in [3.63, 3.8) is 0 Å². The number of carbonyl (C=O) groups is 1. The van der Waals surface area contributed by atoms with Gasteiger partial charge in [-0.2, -0.15) is 0 Å². The highest BCUT2D eigenvalue weighted by molar-refractivity contribution is 9.10. The van der Waals surface area contributed by atoms with Gasteiger partial charge in [0, 0.05) is 12.1 Å². The van der Waals surface area contributed by atoms with E-state index in [0.717, 1.165) is 10.2 Å². The number of benzene rings is 1. The zero-order valence-electron chi connectivity index (χ0n) is 10.7. The Hall–Kier alpha value is -1.07. The number of hydrogen-bond donors (Lipinski definition) is 2. The highest BCUT2D eigenvalue weighted by Crippen LogP contribution is 2.23. The number of ether oxygens (including phenoxy) is 1. The van der Waals surface area contributed by atoms with Crippen LogP contribution in [-0.2, 0) is 4.79 Å². The first kappa shape index (κ1) is 15.0. The normalized spacial score (nSPS) is 11.1. The minimum Gasteiger partial charge on any atom is -0.492 e. The molecule has 0 saturated carbocycles. The molecule has 0 spiro atoms. The van der Waals surface area contributed by atoms with Crippen LogP contribution in [0.1, 0.15) is 20.3 Å². The molecule has 0 saturated heterocycles. The van der Waals surface area contributed by atoms with Crippen LogP contribution in [0.3, 0.4) is 0 Å². The summed E-state index contributed by atoms with van der Waals surface area (Å²) in [6, 6.07) is 7.55. The minimum absolute atomic E-state index is 0.0579. The average molecular weight is 315 g/mol. The molecule has 18 heavy (non-hydrogen) atoms. The maximum absolute atomic E-state index is 11.6. The quantitative estimate of drug-likeness (QED) is 0.845. The van der Waals surface area contributed by atoms with Gasteiger partial charge in [0.2, 0.25) is 5.91 Å². The summed E-state index contributed by atoms with van der Waals surface area (Å²) in [5.41, 5.74) is 5.17. The highest BCUT2D eigenvalue weighted by Gasteiger charge is 2.17. The number of nitrogens with two attached hydrogens (primary N) is 1. The number of hydrogen-bond acceptors (Lipinski definition) is 3. The number of halogens is 1. The van der Waals surface area contributed by atoms with Gasteiger partial charge in [0.05, 0.1) is 17.5 Å². The van der Waals surface area contributed by atoms with E-state index in [2.05, 4.69) is 21.2 Å². The third-order valence-electron chi connectivity index (χ3n) is 2.41. The molecule has 100 valence electrons. The fourth-order valence-electron chi connectivity index (χ4n) is 1.31. The lowest BCUT2D eigenvalue weighted by Crippen LogP contribution is -2.49. The Balaban J connectivity index is 2.34. The van der Waals surface area contributed by atoms with E-state index < -0.39 is 0 Å². The summed E-state index contributed by atoms with van der Waals surface area (Å²) in [6.45, 7) is 4.53. The summed E-state index contributed by atoms with van der Waals surface area (Å²) in [4.78, 5) is 11.6. The smallest absolute Gasteiger partial charge is 0.223 e. The Labute approximate surface area is 116 Å². The fraction of sp³-hybridized carbons (Fsp3) is 0.462. The molecule has 0 heterocycles. The van der Waals surface area contributed by atoms with E-state index in [1.807, 2.05) is 38.1 Å². The maximum atomic E-state index is 11.6. The van der Waals surface area contributed by atoms with Crippen molar-refractivity contribution >= 4 is 21.8 Å². The summed E-state index contributed by atoms with van der Waals surface area (Å²) in [5.74, 6) is 0.681. The molecule has 0 aromatic heterocycles. The van der Waals surface area contributed by atoms with Crippen LogP contribution in [0.15, 0.2) is 28.7 Å². The number of rotatable bonds is 6. The SMILES string of the molecule is CC(C)(CN)NC(=O)CCOc1ccccc1Br. The van der Waals surface area contributed by atoms with E-state index >= 15 is 0 Å². The molecule has 0 radical (unpaired) electrons. The van der Waals surface area contributed by atoms with Crippen LogP contribution in [-0.4, -0.2) is 24.6 Å². The second kappa shape index (κ2) is 6.75. The number of nitrogens with one attached hydrogen (secondary N) is 1. The lowest BCUT2D eigenvalue weighted by atomic mass is 10.1. The molecule has 0 fully saturated rings. The van der Waals surface area contributed by atoms with Crippen molar-refractivity contribution in [1.29, 1.82) is 0 Å². The summed E-state index contributed by atoms with van der Waals surface area (Å²) < 4.78 is 6.40. The summed E-state index contributed by atoms with van der Waals surface area (Å²) in [7, 11) is 0. The highest BCUT2D eigenvalue weighted by atomic mass is 79.9. The van der Waals surface area contributed by atoms with Gasteiger partial charge in [-0.05, 0) is 41.9 Å². The first-order valence-corrected chi connectivity index (χ1v) is 6.62. The molecule has 0 aliphatic carbocycles.